The molecule has 2 amide bonds. The van der Waals surface area contributed by atoms with E-state index in [0.717, 1.165) is 37.6 Å². The molecule has 1 unspecified atom stereocenters. The van der Waals surface area contributed by atoms with E-state index in [2.05, 4.69) is 15.5 Å². The van der Waals surface area contributed by atoms with Crippen LogP contribution >= 0.6 is 11.6 Å². The first kappa shape index (κ1) is 24.8. The second-order valence-electron chi connectivity index (χ2n) is 8.08. The fourth-order valence-electron chi connectivity index (χ4n) is 3.51. The largest absolute Gasteiger partial charge is 0.495 e. The molecule has 0 saturated carbocycles. The molecule has 2 aromatic carbocycles. The maximum atomic E-state index is 12.8. The number of benzene rings is 2. The molecule has 0 aliphatic carbocycles. The van der Waals surface area contributed by atoms with Gasteiger partial charge in [0.1, 0.15) is 5.75 Å². The molecule has 8 nitrogen and oxygen atoms in total. The molecule has 0 radical (unpaired) electrons. The number of nitrogens with zero attached hydrogens (tertiary/aromatic N) is 2. The van der Waals surface area contributed by atoms with Crippen molar-refractivity contribution in [2.45, 2.75) is 19.9 Å². The molecule has 178 valence electrons. The van der Waals surface area contributed by atoms with Crippen LogP contribution in [-0.2, 0) is 14.3 Å². The van der Waals surface area contributed by atoms with E-state index < -0.39 is 6.04 Å². The van der Waals surface area contributed by atoms with Crippen LogP contribution in [0.1, 0.15) is 12.5 Å². The molecular weight excluding hydrogens is 444 g/mol. The van der Waals surface area contributed by atoms with Gasteiger partial charge >= 0.3 is 0 Å². The van der Waals surface area contributed by atoms with E-state index in [1.54, 1.807) is 31.0 Å². The zero-order valence-electron chi connectivity index (χ0n) is 19.5. The van der Waals surface area contributed by atoms with Gasteiger partial charge in [0.25, 0.3) is 0 Å². The van der Waals surface area contributed by atoms with Crippen LogP contribution < -0.4 is 20.3 Å². The standard InChI is InChI=1S/C24H31ClN4O4/c1-16-13-21(22(32-4)14-20(16)25)27-24(31)17(2)28(3)15-23(30)26-18-5-7-19(8-6-18)29-9-11-33-12-10-29/h5-8,13-14,17H,9-12,15H2,1-4H3,(H,26,30)(H,27,31). The van der Waals surface area contributed by atoms with Crippen molar-refractivity contribution in [2.75, 3.05) is 62.5 Å². The summed E-state index contributed by atoms with van der Waals surface area (Å²) in [6, 6.07) is 10.6. The molecule has 9 heteroatoms. The van der Waals surface area contributed by atoms with Gasteiger partial charge < -0.3 is 25.0 Å². The van der Waals surface area contributed by atoms with Crippen molar-refractivity contribution in [3.8, 4) is 5.75 Å². The summed E-state index contributed by atoms with van der Waals surface area (Å²) in [4.78, 5) is 29.2. The minimum atomic E-state index is -0.542. The van der Waals surface area contributed by atoms with Gasteiger partial charge in [-0.05, 0) is 56.8 Å². The molecule has 2 aromatic rings. The third kappa shape index (κ3) is 6.60. The van der Waals surface area contributed by atoms with Crippen LogP contribution in [0, 0.1) is 6.92 Å². The zero-order chi connectivity index (χ0) is 24.0. The summed E-state index contributed by atoms with van der Waals surface area (Å²) in [5, 5.41) is 6.31. The lowest BCUT2D eigenvalue weighted by Gasteiger charge is -2.29. The molecule has 1 saturated heterocycles. The Morgan fingerprint density at radius 1 is 1.18 bits per heavy atom. The number of hydrogen-bond donors (Lipinski definition) is 2. The van der Waals surface area contributed by atoms with Crippen LogP contribution in [0.15, 0.2) is 36.4 Å². The highest BCUT2D eigenvalue weighted by Gasteiger charge is 2.22. The molecule has 1 aliphatic heterocycles. The number of halogens is 1. The summed E-state index contributed by atoms with van der Waals surface area (Å²) in [7, 11) is 3.25. The molecule has 33 heavy (non-hydrogen) atoms. The third-order valence-electron chi connectivity index (χ3n) is 5.70. The summed E-state index contributed by atoms with van der Waals surface area (Å²) in [6.45, 7) is 6.83. The average molecular weight is 475 g/mol. The molecule has 1 aliphatic rings. The number of rotatable bonds is 8. The van der Waals surface area contributed by atoms with Crippen molar-refractivity contribution in [3.05, 3.63) is 47.0 Å². The van der Waals surface area contributed by atoms with Crippen LogP contribution in [0.4, 0.5) is 17.1 Å². The van der Waals surface area contributed by atoms with Gasteiger partial charge in [-0.3, -0.25) is 14.5 Å². The molecule has 1 heterocycles. The van der Waals surface area contributed by atoms with Gasteiger partial charge in [0.15, 0.2) is 0 Å². The Labute approximate surface area is 199 Å². The first-order chi connectivity index (χ1) is 15.8. The number of likely N-dealkylation sites (N-methyl/N-ethyl adjacent to an activating group) is 1. The predicted molar refractivity (Wildman–Crippen MR) is 132 cm³/mol. The Balaban J connectivity index is 1.53. The van der Waals surface area contributed by atoms with Crippen LogP contribution in [0.3, 0.4) is 0 Å². The van der Waals surface area contributed by atoms with Gasteiger partial charge in [-0.15, -0.1) is 0 Å². The zero-order valence-corrected chi connectivity index (χ0v) is 20.2. The number of methoxy groups -OCH3 is 1. The van der Waals surface area contributed by atoms with Crippen molar-refractivity contribution in [1.29, 1.82) is 0 Å². The molecule has 1 fully saturated rings. The van der Waals surface area contributed by atoms with Crippen molar-refractivity contribution >= 4 is 40.5 Å². The first-order valence-electron chi connectivity index (χ1n) is 10.9. The van der Waals surface area contributed by atoms with E-state index >= 15 is 0 Å². The number of anilines is 3. The fourth-order valence-corrected chi connectivity index (χ4v) is 3.66. The number of hydrogen-bond acceptors (Lipinski definition) is 6. The van der Waals surface area contributed by atoms with E-state index in [4.69, 9.17) is 21.1 Å². The SMILES string of the molecule is COc1cc(Cl)c(C)cc1NC(=O)C(C)N(C)CC(=O)Nc1ccc(N2CCOCC2)cc1. The second kappa shape index (κ2) is 11.4. The minimum Gasteiger partial charge on any atom is -0.495 e. The topological polar surface area (TPSA) is 83.1 Å². The lowest BCUT2D eigenvalue weighted by molar-refractivity contribution is -0.122. The van der Waals surface area contributed by atoms with Crippen molar-refractivity contribution < 1.29 is 19.1 Å². The van der Waals surface area contributed by atoms with Gasteiger partial charge in [0.2, 0.25) is 11.8 Å². The maximum Gasteiger partial charge on any atom is 0.241 e. The molecular formula is C24H31ClN4O4. The monoisotopic (exact) mass is 474 g/mol. The lowest BCUT2D eigenvalue weighted by Crippen LogP contribution is -2.43. The van der Waals surface area contributed by atoms with E-state index in [1.807, 2.05) is 31.2 Å². The van der Waals surface area contributed by atoms with E-state index in [1.165, 1.54) is 7.11 Å². The number of ether oxygens (including phenoxy) is 2. The number of aryl methyl sites for hydroxylation is 1. The Morgan fingerprint density at radius 2 is 1.85 bits per heavy atom. The molecule has 0 bridgehead atoms. The molecule has 0 spiro atoms. The molecule has 0 aromatic heterocycles. The summed E-state index contributed by atoms with van der Waals surface area (Å²) in [5.41, 5.74) is 3.18. The van der Waals surface area contributed by atoms with Crippen molar-refractivity contribution in [3.63, 3.8) is 0 Å². The summed E-state index contributed by atoms with van der Waals surface area (Å²) in [5.74, 6) is 0.0310. The van der Waals surface area contributed by atoms with Crippen LogP contribution in [0.25, 0.3) is 0 Å². The highest BCUT2D eigenvalue weighted by Crippen LogP contribution is 2.31. The minimum absolute atomic E-state index is 0.0661. The summed E-state index contributed by atoms with van der Waals surface area (Å²) in [6.07, 6.45) is 0. The normalized spacial score (nSPS) is 14.7. The summed E-state index contributed by atoms with van der Waals surface area (Å²) >= 11 is 6.13. The maximum absolute atomic E-state index is 12.8. The van der Waals surface area contributed by atoms with E-state index in [0.29, 0.717) is 22.1 Å². The molecule has 1 atom stereocenters. The van der Waals surface area contributed by atoms with Crippen LogP contribution in [-0.4, -0.2) is 69.8 Å². The van der Waals surface area contributed by atoms with Crippen molar-refractivity contribution in [2.24, 2.45) is 0 Å². The quantitative estimate of drug-likeness (QED) is 0.610. The second-order valence-corrected chi connectivity index (χ2v) is 8.48. The van der Waals surface area contributed by atoms with Gasteiger partial charge in [0.05, 0.1) is 38.6 Å². The van der Waals surface area contributed by atoms with E-state index in [-0.39, 0.29) is 18.4 Å². The van der Waals surface area contributed by atoms with Crippen LogP contribution in [0.5, 0.6) is 5.75 Å². The van der Waals surface area contributed by atoms with E-state index in [9.17, 15) is 9.59 Å². The number of amides is 2. The molecule has 2 N–H and O–H groups in total. The Morgan fingerprint density at radius 3 is 2.48 bits per heavy atom. The lowest BCUT2D eigenvalue weighted by atomic mass is 10.2. The van der Waals surface area contributed by atoms with Crippen LogP contribution in [0.2, 0.25) is 5.02 Å². The fraction of sp³-hybridized carbons (Fsp3) is 0.417. The van der Waals surface area contributed by atoms with Gasteiger partial charge in [-0.2, -0.15) is 0 Å². The van der Waals surface area contributed by atoms with Crippen molar-refractivity contribution in [1.82, 2.24) is 4.90 Å². The highest BCUT2D eigenvalue weighted by atomic mass is 35.5. The van der Waals surface area contributed by atoms with Gasteiger partial charge in [-0.1, -0.05) is 11.6 Å². The van der Waals surface area contributed by atoms with Gasteiger partial charge in [0, 0.05) is 35.6 Å². The number of morpholine rings is 1. The number of carbonyl (C=O) groups is 2. The highest BCUT2D eigenvalue weighted by molar-refractivity contribution is 6.31. The third-order valence-corrected chi connectivity index (χ3v) is 6.11. The average Bonchev–Trinajstić information content (AvgIpc) is 2.81. The Hall–Kier alpha value is -2.81. The summed E-state index contributed by atoms with van der Waals surface area (Å²) < 4.78 is 10.7. The first-order valence-corrected chi connectivity index (χ1v) is 11.2. The molecule has 3 rings (SSSR count). The van der Waals surface area contributed by atoms with Gasteiger partial charge in [-0.25, -0.2) is 0 Å². The Bertz CT molecular complexity index is 977. The predicted octanol–water partition coefficient (Wildman–Crippen LogP) is 3.39. The number of nitrogens with one attached hydrogen (secondary N) is 2. The number of carbonyl (C=O) groups excluding carboxylic acids is 2. The Kier molecular flexibility index (Phi) is 8.55. The smallest absolute Gasteiger partial charge is 0.241 e.